The SMILES string of the molecule is CC(C)c1cccc(C(C)C)c1NC(=O)c1cc(Oc2cc(F)ccc2F)c2c3c(Oc4cc(F)ccc4F)cc(C(N)=O)c4c(C(N)=O)cc(Oc5cc(F)ccc5F)c(c5c(Oc6cc(F)ccc6F)cc(C(=O)Nc6c(C(C)C)cccc6C(C)C)c1c25)c43. The Morgan fingerprint density at radius 1 is 0.315 bits per heavy atom. The lowest BCUT2D eigenvalue weighted by Gasteiger charge is -2.27. The number of primary amides is 2. The predicted molar refractivity (Wildman–Crippen MR) is 336 cm³/mol. The van der Waals surface area contributed by atoms with Crippen molar-refractivity contribution < 1.29 is 73.2 Å². The Morgan fingerprint density at radius 3 is 0.793 bits per heavy atom. The number of rotatable bonds is 18. The largest absolute Gasteiger partial charge is 0.453 e. The highest BCUT2D eigenvalue weighted by molar-refractivity contribution is 6.43. The second kappa shape index (κ2) is 24.6. The number of amides is 4. The summed E-state index contributed by atoms with van der Waals surface area (Å²) in [5.74, 6) is -20.8. The maximum Gasteiger partial charge on any atom is 0.256 e. The summed E-state index contributed by atoms with van der Waals surface area (Å²) in [7, 11) is 0. The number of nitrogens with two attached hydrogens (primary N) is 2. The summed E-state index contributed by atoms with van der Waals surface area (Å²) in [6.45, 7) is 15.1. The molecular formula is C72H56F8N4O8. The molecule has 12 nitrogen and oxygen atoms in total. The van der Waals surface area contributed by atoms with Crippen LogP contribution in [-0.4, -0.2) is 23.6 Å². The molecule has 0 radical (unpaired) electrons. The van der Waals surface area contributed by atoms with Crippen LogP contribution in [0.2, 0.25) is 0 Å². The van der Waals surface area contributed by atoms with E-state index in [-0.39, 0.29) is 29.1 Å². The van der Waals surface area contributed by atoms with Gasteiger partial charge in [0.25, 0.3) is 11.8 Å². The first-order valence-electron chi connectivity index (χ1n) is 29.1. The van der Waals surface area contributed by atoms with Crippen LogP contribution >= 0.6 is 0 Å². The number of anilines is 2. The van der Waals surface area contributed by atoms with Crippen LogP contribution in [0.5, 0.6) is 46.0 Å². The van der Waals surface area contributed by atoms with Crippen LogP contribution in [-0.2, 0) is 0 Å². The summed E-state index contributed by atoms with van der Waals surface area (Å²) in [4.78, 5) is 60.9. The topological polar surface area (TPSA) is 181 Å². The predicted octanol–water partition coefficient (Wildman–Crippen LogP) is 19.2. The lowest BCUT2D eigenvalue weighted by Crippen LogP contribution is -2.20. The van der Waals surface area contributed by atoms with E-state index in [1.165, 1.54) is 0 Å². The quantitative estimate of drug-likeness (QED) is 0.0372. The Labute approximate surface area is 521 Å². The van der Waals surface area contributed by atoms with Gasteiger partial charge in [0.2, 0.25) is 11.8 Å². The molecule has 0 saturated heterocycles. The summed E-state index contributed by atoms with van der Waals surface area (Å²) in [5.41, 5.74) is 13.3. The first-order chi connectivity index (χ1) is 43.7. The van der Waals surface area contributed by atoms with Crippen molar-refractivity contribution in [1.29, 1.82) is 0 Å². The number of nitrogens with one attached hydrogen (secondary N) is 2. The smallest absolute Gasteiger partial charge is 0.256 e. The number of hydrogen-bond acceptors (Lipinski definition) is 8. The van der Waals surface area contributed by atoms with Gasteiger partial charge in [-0.2, -0.15) is 0 Å². The molecule has 0 aromatic heterocycles. The molecule has 0 spiro atoms. The fourth-order valence-electron chi connectivity index (χ4n) is 11.7. The van der Waals surface area contributed by atoms with Gasteiger partial charge in [-0.1, -0.05) is 91.8 Å². The Morgan fingerprint density at radius 2 is 0.554 bits per heavy atom. The molecule has 0 unspecified atom stereocenters. The zero-order valence-electron chi connectivity index (χ0n) is 50.5. The van der Waals surface area contributed by atoms with Crippen molar-refractivity contribution in [2.24, 2.45) is 11.5 Å². The van der Waals surface area contributed by atoms with Crippen LogP contribution in [0.25, 0.3) is 43.1 Å². The van der Waals surface area contributed by atoms with Gasteiger partial charge < -0.3 is 41.0 Å². The van der Waals surface area contributed by atoms with Gasteiger partial charge in [0, 0.05) is 78.7 Å². The molecule has 0 saturated carbocycles. The summed E-state index contributed by atoms with van der Waals surface area (Å²) < 4.78 is 153. The van der Waals surface area contributed by atoms with Crippen LogP contribution in [0.15, 0.2) is 133 Å². The number of hydrogen-bond donors (Lipinski definition) is 4. The summed E-state index contributed by atoms with van der Waals surface area (Å²) in [6.07, 6.45) is 0. The third kappa shape index (κ3) is 11.5. The standard InChI is InChI=1S/C72H56F8N4O8/c1-31(2)39-11-9-12-40(32(3)4)67(39)83-71(87)45-29-57(91-53-25-37(75)17-21-49(53)79)63-61-55(89-51-23-35(73)15-19-47(51)77)27-43(69(81)85)59-44(70(82)86)28-56(90-52-24-36(74)16-20-48(52)78)62(65(59)61)64-58(92-54-26-38(76)18-22-50(54)80)30-46(60(45)66(63)64)72(88)84-68-41(33(5)6)13-10-14-42(68)34(7)8/h9-34H,1-8H3,(H2,81,85)(H2,82,86)(H,83,87)(H,84,88). The lowest BCUT2D eigenvalue weighted by molar-refractivity contribution is 0.0996. The van der Waals surface area contributed by atoms with Crippen LogP contribution in [0, 0.1) is 46.5 Å². The number of fused-ring (bicyclic) bond motifs is 2. The van der Waals surface area contributed by atoms with Crippen molar-refractivity contribution in [3.63, 3.8) is 0 Å². The number of halogens is 8. The van der Waals surface area contributed by atoms with E-state index in [1.807, 2.05) is 67.5 Å². The van der Waals surface area contributed by atoms with Crippen molar-refractivity contribution >= 4 is 78.1 Å². The number of carbonyl (C=O) groups excluding carboxylic acids is 4. The molecule has 0 heterocycles. The Bertz CT molecular complexity index is 4550. The van der Waals surface area contributed by atoms with Crippen molar-refractivity contribution in [2.45, 2.75) is 79.1 Å². The second-order valence-electron chi connectivity index (χ2n) is 23.3. The van der Waals surface area contributed by atoms with E-state index in [0.29, 0.717) is 70.0 Å². The lowest BCUT2D eigenvalue weighted by atomic mass is 9.82. The summed E-state index contributed by atoms with van der Waals surface area (Å²) >= 11 is 0. The number of carbonyl (C=O) groups is 4. The van der Waals surface area contributed by atoms with Gasteiger partial charge in [-0.05, 0) is 119 Å². The average molecular weight is 1260 g/mol. The third-order valence-electron chi connectivity index (χ3n) is 15.9. The molecule has 0 aliphatic carbocycles. The van der Waals surface area contributed by atoms with Gasteiger partial charge in [-0.15, -0.1) is 0 Å². The van der Waals surface area contributed by atoms with Crippen molar-refractivity contribution in [3.8, 4) is 46.0 Å². The van der Waals surface area contributed by atoms with Gasteiger partial charge in [0.05, 0.1) is 22.3 Å². The fourth-order valence-corrected chi connectivity index (χ4v) is 11.7. The third-order valence-corrected chi connectivity index (χ3v) is 15.9. The van der Waals surface area contributed by atoms with Gasteiger partial charge in [-0.25, -0.2) is 35.1 Å². The van der Waals surface area contributed by atoms with Gasteiger partial charge in [0.15, 0.2) is 46.3 Å². The molecule has 468 valence electrons. The minimum atomic E-state index is -1.34. The van der Waals surface area contributed by atoms with Gasteiger partial charge in [0.1, 0.15) is 46.3 Å². The van der Waals surface area contributed by atoms with Crippen LogP contribution in [0.4, 0.5) is 46.5 Å². The van der Waals surface area contributed by atoms with Crippen LogP contribution in [0.1, 0.15) is 143 Å². The number of para-hydroxylation sites is 2. The van der Waals surface area contributed by atoms with E-state index in [0.717, 1.165) is 60.7 Å². The Hall–Kier alpha value is -10.8. The highest BCUT2D eigenvalue weighted by atomic mass is 19.2. The molecule has 20 heteroatoms. The molecule has 0 atom stereocenters. The molecule has 11 aromatic rings. The molecule has 11 aromatic carbocycles. The van der Waals surface area contributed by atoms with E-state index in [4.69, 9.17) is 30.4 Å². The molecule has 11 rings (SSSR count). The first kappa shape index (κ1) is 62.8. The van der Waals surface area contributed by atoms with E-state index in [2.05, 4.69) is 10.6 Å². The zero-order chi connectivity index (χ0) is 66.0. The molecule has 6 N–H and O–H groups in total. The highest BCUT2D eigenvalue weighted by Crippen LogP contribution is 2.57. The van der Waals surface area contributed by atoms with E-state index in [9.17, 15) is 9.59 Å². The Balaban J connectivity index is 1.47. The maximum atomic E-state index is 16.5. The molecular weight excluding hydrogens is 1200 g/mol. The van der Waals surface area contributed by atoms with E-state index >= 15 is 44.7 Å². The molecule has 0 aliphatic heterocycles. The zero-order valence-corrected chi connectivity index (χ0v) is 50.5. The Kier molecular flexibility index (Phi) is 16.8. The van der Waals surface area contributed by atoms with E-state index in [1.54, 1.807) is 24.3 Å². The molecule has 0 bridgehead atoms. The minimum absolute atomic E-state index is 0.245. The average Bonchev–Trinajstić information content (AvgIpc) is 0.685. The van der Waals surface area contributed by atoms with Crippen molar-refractivity contribution in [1.82, 2.24) is 0 Å². The van der Waals surface area contributed by atoms with Gasteiger partial charge >= 0.3 is 0 Å². The summed E-state index contributed by atoms with van der Waals surface area (Å²) in [5, 5.41) is 2.39. The molecule has 4 amide bonds. The van der Waals surface area contributed by atoms with E-state index < -0.39 is 176 Å². The normalized spacial score (nSPS) is 11.7. The second-order valence-corrected chi connectivity index (χ2v) is 23.3. The number of benzene rings is 11. The molecule has 0 fully saturated rings. The first-order valence-corrected chi connectivity index (χ1v) is 29.1. The fraction of sp³-hybridized carbons (Fsp3) is 0.167. The van der Waals surface area contributed by atoms with Crippen LogP contribution in [0.3, 0.4) is 0 Å². The van der Waals surface area contributed by atoms with Crippen molar-refractivity contribution in [3.05, 3.63) is 225 Å². The summed E-state index contributed by atoms with van der Waals surface area (Å²) in [6, 6.07) is 23.3. The molecule has 0 aliphatic rings. The highest BCUT2D eigenvalue weighted by Gasteiger charge is 2.36. The van der Waals surface area contributed by atoms with Crippen LogP contribution < -0.4 is 41.0 Å². The maximum absolute atomic E-state index is 16.5. The monoisotopic (exact) mass is 1260 g/mol. The van der Waals surface area contributed by atoms with Gasteiger partial charge in [-0.3, -0.25) is 19.2 Å². The van der Waals surface area contributed by atoms with Crippen molar-refractivity contribution in [2.75, 3.05) is 10.6 Å². The number of ether oxygens (including phenoxy) is 4. The molecule has 92 heavy (non-hydrogen) atoms. The minimum Gasteiger partial charge on any atom is -0.453 e.